The van der Waals surface area contributed by atoms with Crippen LogP contribution in [0.15, 0.2) is 11.1 Å². The molecule has 0 heterocycles. The van der Waals surface area contributed by atoms with Crippen LogP contribution in [0.2, 0.25) is 0 Å². The second-order valence-electron chi connectivity index (χ2n) is 3.08. The van der Waals surface area contributed by atoms with E-state index in [0.29, 0.717) is 13.0 Å². The van der Waals surface area contributed by atoms with Gasteiger partial charge in [-0.1, -0.05) is 0 Å². The summed E-state index contributed by atoms with van der Waals surface area (Å²) in [5.74, 6) is -0.532. The average molecular weight is 211 g/mol. The Morgan fingerprint density at radius 3 is 2.60 bits per heavy atom. The Hall–Kier alpha value is -1.34. The maximum Gasteiger partial charge on any atom is 0.348 e. The molecule has 0 rings (SSSR count). The van der Waals surface area contributed by atoms with Crippen LogP contribution in [-0.2, 0) is 14.3 Å². The molecular formula is C11H17NO3. The van der Waals surface area contributed by atoms with E-state index in [9.17, 15) is 4.79 Å². The van der Waals surface area contributed by atoms with Gasteiger partial charge in [-0.15, -0.1) is 0 Å². The molecular weight excluding hydrogens is 194 g/mol. The van der Waals surface area contributed by atoms with Crippen LogP contribution in [0.1, 0.15) is 26.7 Å². The molecule has 0 aromatic rings. The van der Waals surface area contributed by atoms with Gasteiger partial charge in [-0.05, 0) is 32.3 Å². The minimum atomic E-state index is -0.532. The first-order chi connectivity index (χ1) is 7.17. The third kappa shape index (κ3) is 5.18. The molecule has 0 saturated carbocycles. The molecule has 0 N–H and O–H groups in total. The first kappa shape index (κ1) is 13.7. The number of carbonyl (C=O) groups is 1. The molecule has 0 saturated heterocycles. The second-order valence-corrected chi connectivity index (χ2v) is 3.08. The van der Waals surface area contributed by atoms with Gasteiger partial charge < -0.3 is 9.47 Å². The first-order valence-corrected chi connectivity index (χ1v) is 4.93. The molecule has 0 fully saturated rings. The van der Waals surface area contributed by atoms with Crippen LogP contribution in [0.4, 0.5) is 0 Å². The van der Waals surface area contributed by atoms with Crippen molar-refractivity contribution in [2.75, 3.05) is 20.3 Å². The van der Waals surface area contributed by atoms with Gasteiger partial charge in [0.2, 0.25) is 0 Å². The number of hydrogen-bond donors (Lipinski definition) is 0. The van der Waals surface area contributed by atoms with E-state index in [1.807, 2.05) is 6.07 Å². The van der Waals surface area contributed by atoms with Gasteiger partial charge >= 0.3 is 5.97 Å². The van der Waals surface area contributed by atoms with Crippen molar-refractivity contribution in [1.29, 1.82) is 5.26 Å². The molecule has 0 bridgehead atoms. The highest BCUT2D eigenvalue weighted by Crippen LogP contribution is 2.11. The van der Waals surface area contributed by atoms with E-state index in [4.69, 9.17) is 14.7 Å². The van der Waals surface area contributed by atoms with Gasteiger partial charge in [0.25, 0.3) is 0 Å². The Bertz CT molecular complexity index is 276. The maximum atomic E-state index is 11.3. The van der Waals surface area contributed by atoms with E-state index in [0.717, 1.165) is 12.0 Å². The minimum absolute atomic E-state index is 0.118. The van der Waals surface area contributed by atoms with E-state index in [1.54, 1.807) is 21.0 Å². The van der Waals surface area contributed by atoms with Crippen LogP contribution in [0.5, 0.6) is 0 Å². The zero-order valence-corrected chi connectivity index (χ0v) is 9.50. The number of methoxy groups -OCH3 is 1. The monoisotopic (exact) mass is 211 g/mol. The van der Waals surface area contributed by atoms with Gasteiger partial charge in [0, 0.05) is 13.7 Å². The molecule has 0 spiro atoms. The van der Waals surface area contributed by atoms with Gasteiger partial charge in [0.05, 0.1) is 6.61 Å². The Morgan fingerprint density at radius 2 is 2.13 bits per heavy atom. The summed E-state index contributed by atoms with van der Waals surface area (Å²) in [6.07, 6.45) is 1.47. The van der Waals surface area contributed by atoms with Crippen LogP contribution >= 0.6 is 0 Å². The van der Waals surface area contributed by atoms with Crippen LogP contribution in [0.25, 0.3) is 0 Å². The second kappa shape index (κ2) is 8.01. The summed E-state index contributed by atoms with van der Waals surface area (Å²) in [7, 11) is 1.62. The van der Waals surface area contributed by atoms with Crippen LogP contribution in [0, 0.1) is 11.3 Å². The molecule has 0 aliphatic rings. The summed E-state index contributed by atoms with van der Waals surface area (Å²) >= 11 is 0. The largest absolute Gasteiger partial charge is 0.462 e. The molecule has 0 unspecified atom stereocenters. The predicted molar refractivity (Wildman–Crippen MR) is 56.1 cm³/mol. The lowest BCUT2D eigenvalue weighted by molar-refractivity contribution is -0.138. The van der Waals surface area contributed by atoms with Crippen LogP contribution < -0.4 is 0 Å². The number of nitrogens with zero attached hydrogens (tertiary/aromatic N) is 1. The molecule has 0 amide bonds. The Kier molecular flexibility index (Phi) is 7.29. The SMILES string of the molecule is CCOC(=O)C(C#N)=C(C)CCCOC. The van der Waals surface area contributed by atoms with Crippen LogP contribution in [-0.4, -0.2) is 26.3 Å². The number of esters is 1. The number of rotatable bonds is 6. The van der Waals surface area contributed by atoms with Crippen molar-refractivity contribution in [2.45, 2.75) is 26.7 Å². The molecule has 15 heavy (non-hydrogen) atoms. The third-order valence-corrected chi connectivity index (χ3v) is 1.92. The Morgan fingerprint density at radius 1 is 1.47 bits per heavy atom. The van der Waals surface area contributed by atoms with Gasteiger partial charge in [0.15, 0.2) is 0 Å². The lowest BCUT2D eigenvalue weighted by Crippen LogP contribution is -2.08. The van der Waals surface area contributed by atoms with Crippen molar-refractivity contribution in [3.63, 3.8) is 0 Å². The summed E-state index contributed by atoms with van der Waals surface area (Å²) in [4.78, 5) is 11.3. The predicted octanol–water partition coefficient (Wildman–Crippen LogP) is 1.82. The zero-order chi connectivity index (χ0) is 11.7. The van der Waals surface area contributed by atoms with Crippen molar-refractivity contribution in [1.82, 2.24) is 0 Å². The highest BCUT2D eigenvalue weighted by molar-refractivity contribution is 5.93. The molecule has 0 aromatic carbocycles. The topological polar surface area (TPSA) is 59.3 Å². The van der Waals surface area contributed by atoms with Gasteiger partial charge in [-0.25, -0.2) is 4.79 Å². The zero-order valence-electron chi connectivity index (χ0n) is 9.50. The highest BCUT2D eigenvalue weighted by Gasteiger charge is 2.12. The maximum absolute atomic E-state index is 11.3. The first-order valence-electron chi connectivity index (χ1n) is 4.93. The molecule has 0 atom stereocenters. The fourth-order valence-electron chi connectivity index (χ4n) is 1.13. The molecule has 4 nitrogen and oxygen atoms in total. The average Bonchev–Trinajstić information content (AvgIpc) is 2.19. The van der Waals surface area contributed by atoms with Crippen molar-refractivity contribution in [3.8, 4) is 6.07 Å². The smallest absolute Gasteiger partial charge is 0.348 e. The summed E-state index contributed by atoms with van der Waals surface area (Å²) < 4.78 is 9.66. The van der Waals surface area contributed by atoms with E-state index in [2.05, 4.69) is 0 Å². The van der Waals surface area contributed by atoms with Crippen molar-refractivity contribution in [2.24, 2.45) is 0 Å². The molecule has 0 aliphatic carbocycles. The van der Waals surface area contributed by atoms with E-state index >= 15 is 0 Å². The van der Waals surface area contributed by atoms with Gasteiger partial charge in [-0.2, -0.15) is 5.26 Å². The normalized spacial score (nSPS) is 11.6. The van der Waals surface area contributed by atoms with E-state index in [1.165, 1.54) is 0 Å². The summed E-state index contributed by atoms with van der Waals surface area (Å²) in [6.45, 7) is 4.40. The fraction of sp³-hybridized carbons (Fsp3) is 0.636. The summed E-state index contributed by atoms with van der Waals surface area (Å²) in [5.41, 5.74) is 0.876. The summed E-state index contributed by atoms with van der Waals surface area (Å²) in [6, 6.07) is 1.88. The van der Waals surface area contributed by atoms with Crippen LogP contribution in [0.3, 0.4) is 0 Å². The van der Waals surface area contributed by atoms with E-state index < -0.39 is 5.97 Å². The minimum Gasteiger partial charge on any atom is -0.462 e. The quantitative estimate of drug-likeness (QED) is 0.291. The third-order valence-electron chi connectivity index (χ3n) is 1.92. The molecule has 0 aliphatic heterocycles. The molecule has 84 valence electrons. The van der Waals surface area contributed by atoms with Crippen molar-refractivity contribution in [3.05, 3.63) is 11.1 Å². The lowest BCUT2D eigenvalue weighted by atomic mass is 10.1. The number of nitriles is 1. The number of hydrogen-bond acceptors (Lipinski definition) is 4. The van der Waals surface area contributed by atoms with E-state index in [-0.39, 0.29) is 12.2 Å². The number of carbonyl (C=O) groups excluding carboxylic acids is 1. The van der Waals surface area contributed by atoms with Gasteiger partial charge in [0.1, 0.15) is 11.6 Å². The highest BCUT2D eigenvalue weighted by atomic mass is 16.5. The van der Waals surface area contributed by atoms with Crippen molar-refractivity contribution < 1.29 is 14.3 Å². The number of ether oxygens (including phenoxy) is 2. The molecule has 0 aromatic heterocycles. The molecule has 4 heteroatoms. The standard InChI is InChI=1S/C11H17NO3/c1-4-15-11(13)10(8-12)9(2)6-5-7-14-3/h4-7H2,1-3H3. The molecule has 0 radical (unpaired) electrons. The Balaban J connectivity index is 4.40. The van der Waals surface area contributed by atoms with Crippen molar-refractivity contribution >= 4 is 5.97 Å². The summed E-state index contributed by atoms with van der Waals surface area (Å²) in [5, 5.41) is 8.81. The number of allylic oxidation sites excluding steroid dienone is 1. The lowest BCUT2D eigenvalue weighted by Gasteiger charge is -2.04. The fourth-order valence-corrected chi connectivity index (χ4v) is 1.13. The van der Waals surface area contributed by atoms with Gasteiger partial charge in [-0.3, -0.25) is 0 Å². The Labute approximate surface area is 90.5 Å².